The number of unbranched alkanes of at least 4 members (excludes halogenated alkanes) is 2. The summed E-state index contributed by atoms with van der Waals surface area (Å²) in [6.07, 6.45) is 9.84. The third-order valence-corrected chi connectivity index (χ3v) is 5.50. The first-order valence-electron chi connectivity index (χ1n) is 7.66. The fourth-order valence-corrected chi connectivity index (χ4v) is 4.40. The lowest BCUT2D eigenvalue weighted by atomic mass is 9.84. The maximum absolute atomic E-state index is 3.70. The number of hydrogen-bond acceptors (Lipinski definition) is 2. The van der Waals surface area contributed by atoms with Gasteiger partial charge in [0.25, 0.3) is 0 Å². The monoisotopic (exact) mass is 257 g/mol. The van der Waals surface area contributed by atoms with E-state index in [1.54, 1.807) is 0 Å². The van der Waals surface area contributed by atoms with Gasteiger partial charge in [0.2, 0.25) is 0 Å². The number of rotatable bonds is 8. The summed E-state index contributed by atoms with van der Waals surface area (Å²) in [5.41, 5.74) is 0. The van der Waals surface area contributed by atoms with E-state index < -0.39 is 0 Å². The van der Waals surface area contributed by atoms with Gasteiger partial charge in [-0.2, -0.15) is 11.8 Å². The third kappa shape index (κ3) is 5.65. The Labute approximate surface area is 113 Å². The van der Waals surface area contributed by atoms with E-state index in [-0.39, 0.29) is 0 Å². The second-order valence-corrected chi connectivity index (χ2v) is 6.71. The Morgan fingerprint density at radius 1 is 1.12 bits per heavy atom. The van der Waals surface area contributed by atoms with E-state index in [4.69, 9.17) is 0 Å². The van der Waals surface area contributed by atoms with E-state index in [1.165, 1.54) is 50.7 Å². The van der Waals surface area contributed by atoms with Crippen LogP contribution in [0.3, 0.4) is 0 Å². The van der Waals surface area contributed by atoms with Crippen molar-refractivity contribution < 1.29 is 0 Å². The summed E-state index contributed by atoms with van der Waals surface area (Å²) in [5, 5.41) is 4.58. The van der Waals surface area contributed by atoms with Crippen molar-refractivity contribution in [1.82, 2.24) is 5.32 Å². The molecule has 0 saturated heterocycles. The van der Waals surface area contributed by atoms with Gasteiger partial charge in [-0.3, -0.25) is 0 Å². The molecule has 1 N–H and O–H groups in total. The van der Waals surface area contributed by atoms with Gasteiger partial charge in [0.05, 0.1) is 0 Å². The van der Waals surface area contributed by atoms with Crippen LogP contribution in [0, 0.1) is 5.92 Å². The first kappa shape index (κ1) is 15.4. The van der Waals surface area contributed by atoms with Crippen LogP contribution in [-0.4, -0.2) is 23.6 Å². The molecule has 17 heavy (non-hydrogen) atoms. The van der Waals surface area contributed by atoms with Crippen molar-refractivity contribution in [3.63, 3.8) is 0 Å². The molecule has 0 aromatic carbocycles. The summed E-state index contributed by atoms with van der Waals surface area (Å²) in [4.78, 5) is 0. The van der Waals surface area contributed by atoms with Crippen LogP contribution in [-0.2, 0) is 0 Å². The minimum atomic E-state index is 0.787. The normalized spacial score (nSPS) is 29.5. The average molecular weight is 257 g/mol. The summed E-state index contributed by atoms with van der Waals surface area (Å²) < 4.78 is 0. The summed E-state index contributed by atoms with van der Waals surface area (Å²) >= 11 is 2.24. The highest BCUT2D eigenvalue weighted by Crippen LogP contribution is 2.34. The molecule has 1 nitrogen and oxygen atoms in total. The molecule has 1 aliphatic carbocycles. The zero-order valence-electron chi connectivity index (χ0n) is 12.0. The molecule has 3 unspecified atom stereocenters. The first-order valence-corrected chi connectivity index (χ1v) is 8.71. The van der Waals surface area contributed by atoms with Crippen LogP contribution in [0.15, 0.2) is 0 Å². The van der Waals surface area contributed by atoms with Crippen LogP contribution in [0.2, 0.25) is 0 Å². The van der Waals surface area contributed by atoms with Crippen molar-refractivity contribution in [2.24, 2.45) is 5.92 Å². The predicted octanol–water partition coefficient (Wildman–Crippen LogP) is 4.47. The standard InChI is InChI=1S/C15H31NS/c1-4-7-8-11-17-15-12-13(5-2)9-10-14(15)16-6-3/h13-16H,4-12H2,1-3H3. The van der Waals surface area contributed by atoms with Crippen molar-refractivity contribution in [2.45, 2.75) is 77.0 Å². The average Bonchev–Trinajstić information content (AvgIpc) is 2.36. The van der Waals surface area contributed by atoms with Crippen LogP contribution in [0.25, 0.3) is 0 Å². The molecule has 1 saturated carbocycles. The van der Waals surface area contributed by atoms with Gasteiger partial charge in [-0.1, -0.05) is 40.0 Å². The van der Waals surface area contributed by atoms with Crippen molar-refractivity contribution in [3.05, 3.63) is 0 Å². The molecule has 3 atom stereocenters. The maximum Gasteiger partial charge on any atom is 0.0203 e. The van der Waals surface area contributed by atoms with Crippen LogP contribution in [0.1, 0.15) is 65.7 Å². The molecule has 0 amide bonds. The van der Waals surface area contributed by atoms with Gasteiger partial charge in [0.1, 0.15) is 0 Å². The summed E-state index contributed by atoms with van der Waals surface area (Å²) in [7, 11) is 0. The molecule has 0 aromatic rings. The van der Waals surface area contributed by atoms with E-state index in [0.29, 0.717) is 0 Å². The van der Waals surface area contributed by atoms with Gasteiger partial charge in [0.15, 0.2) is 0 Å². The highest BCUT2D eigenvalue weighted by Gasteiger charge is 2.29. The van der Waals surface area contributed by atoms with Crippen LogP contribution in [0.5, 0.6) is 0 Å². The predicted molar refractivity (Wildman–Crippen MR) is 80.9 cm³/mol. The van der Waals surface area contributed by atoms with Crippen molar-refractivity contribution >= 4 is 11.8 Å². The van der Waals surface area contributed by atoms with E-state index in [1.807, 2.05) is 0 Å². The summed E-state index contributed by atoms with van der Waals surface area (Å²) in [6, 6.07) is 0.787. The van der Waals surface area contributed by atoms with E-state index in [9.17, 15) is 0 Å². The molecule has 1 aliphatic rings. The smallest absolute Gasteiger partial charge is 0.0203 e. The zero-order valence-corrected chi connectivity index (χ0v) is 12.8. The summed E-state index contributed by atoms with van der Waals surface area (Å²) in [6.45, 7) is 8.02. The Morgan fingerprint density at radius 3 is 2.59 bits per heavy atom. The molecule has 0 spiro atoms. The number of hydrogen-bond donors (Lipinski definition) is 1. The van der Waals surface area contributed by atoms with Crippen LogP contribution < -0.4 is 5.32 Å². The highest BCUT2D eigenvalue weighted by atomic mass is 32.2. The van der Waals surface area contributed by atoms with Gasteiger partial charge in [-0.15, -0.1) is 0 Å². The Balaban J connectivity index is 2.32. The quantitative estimate of drug-likeness (QED) is 0.644. The first-order chi connectivity index (χ1) is 8.31. The van der Waals surface area contributed by atoms with Crippen molar-refractivity contribution in [2.75, 3.05) is 12.3 Å². The molecule has 102 valence electrons. The maximum atomic E-state index is 3.70. The Morgan fingerprint density at radius 2 is 1.94 bits per heavy atom. The lowest BCUT2D eigenvalue weighted by molar-refractivity contribution is 0.298. The van der Waals surface area contributed by atoms with Gasteiger partial charge < -0.3 is 5.32 Å². The molecule has 1 rings (SSSR count). The topological polar surface area (TPSA) is 12.0 Å². The number of nitrogens with one attached hydrogen (secondary N) is 1. The second-order valence-electron chi connectivity index (χ2n) is 5.37. The molecule has 0 aromatic heterocycles. The third-order valence-electron chi connectivity index (χ3n) is 4.02. The Hall–Kier alpha value is 0.310. The lowest BCUT2D eigenvalue weighted by Gasteiger charge is -2.36. The Bertz CT molecular complexity index is 184. The lowest BCUT2D eigenvalue weighted by Crippen LogP contribution is -2.42. The van der Waals surface area contributed by atoms with Crippen molar-refractivity contribution in [1.29, 1.82) is 0 Å². The number of thioether (sulfide) groups is 1. The SMILES string of the molecule is CCCCCSC1CC(CC)CCC1NCC. The molecule has 0 heterocycles. The molecule has 0 aliphatic heterocycles. The minimum Gasteiger partial charge on any atom is -0.313 e. The van der Waals surface area contributed by atoms with E-state index >= 15 is 0 Å². The largest absolute Gasteiger partial charge is 0.313 e. The minimum absolute atomic E-state index is 0.787. The second kappa shape index (κ2) is 9.27. The summed E-state index contributed by atoms with van der Waals surface area (Å²) in [5.74, 6) is 2.37. The molecule has 0 bridgehead atoms. The zero-order chi connectivity index (χ0) is 12.5. The van der Waals surface area contributed by atoms with E-state index in [2.05, 4.69) is 37.8 Å². The van der Waals surface area contributed by atoms with Crippen molar-refractivity contribution in [3.8, 4) is 0 Å². The van der Waals surface area contributed by atoms with Gasteiger partial charge >= 0.3 is 0 Å². The van der Waals surface area contributed by atoms with Gasteiger partial charge in [0, 0.05) is 11.3 Å². The Kier molecular flexibility index (Phi) is 8.38. The van der Waals surface area contributed by atoms with Crippen LogP contribution in [0.4, 0.5) is 0 Å². The van der Waals surface area contributed by atoms with E-state index in [0.717, 1.165) is 23.8 Å². The molecular weight excluding hydrogens is 226 g/mol. The van der Waals surface area contributed by atoms with Crippen LogP contribution >= 0.6 is 11.8 Å². The fourth-order valence-electron chi connectivity index (χ4n) is 2.85. The molecule has 2 heteroatoms. The van der Waals surface area contributed by atoms with Gasteiger partial charge in [-0.05, 0) is 43.9 Å². The molecule has 0 radical (unpaired) electrons. The highest BCUT2D eigenvalue weighted by molar-refractivity contribution is 7.99. The molecular formula is C15H31NS. The fraction of sp³-hybridized carbons (Fsp3) is 1.00. The molecule has 1 fully saturated rings. The van der Waals surface area contributed by atoms with Gasteiger partial charge in [-0.25, -0.2) is 0 Å².